The third-order valence-electron chi connectivity index (χ3n) is 5.32. The van der Waals surface area contributed by atoms with E-state index in [1.165, 1.54) is 15.8 Å². The van der Waals surface area contributed by atoms with Crippen LogP contribution in [0.1, 0.15) is 42.3 Å². The number of fused-ring (bicyclic) bond motifs is 3. The molecule has 0 bridgehead atoms. The SMILES string of the molecule is C[C@H]1CCc2c(sc3ncn(CC(=O)N[C@H](C)c4cccc(Cl)c4)c(=O)c23)C1. The van der Waals surface area contributed by atoms with Gasteiger partial charge in [-0.25, -0.2) is 4.98 Å². The van der Waals surface area contributed by atoms with Crippen molar-refractivity contribution in [2.45, 2.75) is 45.7 Å². The van der Waals surface area contributed by atoms with E-state index < -0.39 is 0 Å². The van der Waals surface area contributed by atoms with Crippen LogP contribution in [0, 0.1) is 5.92 Å². The van der Waals surface area contributed by atoms with Crippen LogP contribution in [0.25, 0.3) is 10.2 Å². The molecule has 4 rings (SSSR count). The van der Waals surface area contributed by atoms with Gasteiger partial charge in [-0.05, 0) is 55.4 Å². The third kappa shape index (κ3) is 3.71. The van der Waals surface area contributed by atoms with E-state index in [9.17, 15) is 9.59 Å². The number of carbonyl (C=O) groups excluding carboxylic acids is 1. The number of carbonyl (C=O) groups is 1. The lowest BCUT2D eigenvalue weighted by molar-refractivity contribution is -0.122. The van der Waals surface area contributed by atoms with Crippen LogP contribution in [0.3, 0.4) is 0 Å². The first kappa shape index (κ1) is 19.2. The summed E-state index contributed by atoms with van der Waals surface area (Å²) in [5.74, 6) is 0.412. The maximum Gasteiger partial charge on any atom is 0.262 e. The van der Waals surface area contributed by atoms with Crippen LogP contribution in [0.4, 0.5) is 0 Å². The van der Waals surface area contributed by atoms with E-state index in [4.69, 9.17) is 11.6 Å². The van der Waals surface area contributed by atoms with Crippen molar-refractivity contribution >= 4 is 39.1 Å². The quantitative estimate of drug-likeness (QED) is 0.697. The number of aryl methyl sites for hydroxylation is 1. The molecule has 7 heteroatoms. The number of hydrogen-bond acceptors (Lipinski definition) is 4. The molecule has 0 fully saturated rings. The number of halogens is 1. The summed E-state index contributed by atoms with van der Waals surface area (Å²) < 4.78 is 1.41. The molecule has 0 aliphatic heterocycles. The average molecular weight is 416 g/mol. The Bertz CT molecular complexity index is 1100. The zero-order chi connectivity index (χ0) is 19.8. The fourth-order valence-corrected chi connectivity index (χ4v) is 5.32. The van der Waals surface area contributed by atoms with Crippen LogP contribution in [0.2, 0.25) is 5.02 Å². The minimum Gasteiger partial charge on any atom is -0.348 e. The number of amides is 1. The van der Waals surface area contributed by atoms with Crippen molar-refractivity contribution in [2.75, 3.05) is 0 Å². The summed E-state index contributed by atoms with van der Waals surface area (Å²) in [5, 5.41) is 4.25. The summed E-state index contributed by atoms with van der Waals surface area (Å²) in [6, 6.07) is 7.18. The van der Waals surface area contributed by atoms with Crippen molar-refractivity contribution in [1.29, 1.82) is 0 Å². The second-order valence-electron chi connectivity index (χ2n) is 7.55. The van der Waals surface area contributed by atoms with Crippen LogP contribution >= 0.6 is 22.9 Å². The number of nitrogens with one attached hydrogen (secondary N) is 1. The van der Waals surface area contributed by atoms with Gasteiger partial charge in [0, 0.05) is 9.90 Å². The number of benzene rings is 1. The fourth-order valence-electron chi connectivity index (χ4n) is 3.78. The lowest BCUT2D eigenvalue weighted by Crippen LogP contribution is -2.34. The topological polar surface area (TPSA) is 64.0 Å². The van der Waals surface area contributed by atoms with Crippen molar-refractivity contribution in [3.05, 3.63) is 62.0 Å². The molecule has 0 unspecified atom stereocenters. The average Bonchev–Trinajstić information content (AvgIpc) is 3.02. The molecule has 28 heavy (non-hydrogen) atoms. The number of rotatable bonds is 4. The van der Waals surface area contributed by atoms with E-state index in [1.807, 2.05) is 25.1 Å². The minimum absolute atomic E-state index is 0.0479. The van der Waals surface area contributed by atoms with Crippen molar-refractivity contribution in [3.63, 3.8) is 0 Å². The van der Waals surface area contributed by atoms with Gasteiger partial charge in [-0.15, -0.1) is 11.3 Å². The molecule has 2 heterocycles. The van der Waals surface area contributed by atoms with Gasteiger partial charge >= 0.3 is 0 Å². The molecule has 1 aromatic carbocycles. The molecular formula is C21H22ClN3O2S. The molecule has 146 valence electrons. The number of nitrogens with zero attached hydrogens (tertiary/aromatic N) is 2. The van der Waals surface area contributed by atoms with Crippen LogP contribution < -0.4 is 10.9 Å². The second-order valence-corrected chi connectivity index (χ2v) is 9.07. The molecule has 1 aliphatic rings. The van der Waals surface area contributed by atoms with Crippen molar-refractivity contribution in [3.8, 4) is 0 Å². The smallest absolute Gasteiger partial charge is 0.262 e. The predicted molar refractivity (Wildman–Crippen MR) is 113 cm³/mol. The fraction of sp³-hybridized carbons (Fsp3) is 0.381. The van der Waals surface area contributed by atoms with Gasteiger partial charge in [0.1, 0.15) is 11.4 Å². The summed E-state index contributed by atoms with van der Waals surface area (Å²) in [5.41, 5.74) is 1.93. The molecule has 0 saturated heterocycles. The molecule has 0 saturated carbocycles. The number of hydrogen-bond donors (Lipinski definition) is 1. The van der Waals surface area contributed by atoms with Crippen LogP contribution in [-0.4, -0.2) is 15.5 Å². The van der Waals surface area contributed by atoms with Gasteiger partial charge in [0.25, 0.3) is 5.56 Å². The van der Waals surface area contributed by atoms with E-state index in [0.29, 0.717) is 16.3 Å². The lowest BCUT2D eigenvalue weighted by Gasteiger charge is -2.17. The minimum atomic E-state index is -0.228. The molecule has 1 N–H and O–H groups in total. The standard InChI is InChI=1S/C21H22ClN3O2S/c1-12-6-7-16-17(8-12)28-20-19(16)21(27)25(11-23-20)10-18(26)24-13(2)14-4-3-5-15(22)9-14/h3-5,9,11-13H,6-8,10H2,1-2H3,(H,24,26)/t12-,13+/m0/s1. The van der Waals surface area contributed by atoms with Gasteiger partial charge in [-0.2, -0.15) is 0 Å². The summed E-state index contributed by atoms with van der Waals surface area (Å²) in [4.78, 5) is 32.0. The lowest BCUT2D eigenvalue weighted by atomic mass is 9.89. The van der Waals surface area contributed by atoms with Gasteiger partial charge in [-0.3, -0.25) is 14.2 Å². The van der Waals surface area contributed by atoms with Crippen LogP contribution in [-0.2, 0) is 24.2 Å². The Kier molecular flexibility index (Phi) is 5.25. The molecule has 2 aromatic heterocycles. The third-order valence-corrected chi connectivity index (χ3v) is 6.72. The van der Waals surface area contributed by atoms with Gasteiger partial charge in [0.15, 0.2) is 0 Å². The van der Waals surface area contributed by atoms with E-state index in [2.05, 4.69) is 17.2 Å². The van der Waals surface area contributed by atoms with Gasteiger partial charge in [-0.1, -0.05) is 30.7 Å². The van der Waals surface area contributed by atoms with E-state index in [1.54, 1.807) is 17.4 Å². The van der Waals surface area contributed by atoms with Crippen molar-refractivity contribution in [1.82, 2.24) is 14.9 Å². The monoisotopic (exact) mass is 415 g/mol. The molecule has 5 nitrogen and oxygen atoms in total. The molecule has 1 aliphatic carbocycles. The highest BCUT2D eigenvalue weighted by atomic mass is 35.5. The molecule has 0 radical (unpaired) electrons. The maximum absolute atomic E-state index is 13.0. The Morgan fingerprint density at radius 3 is 3.07 bits per heavy atom. The normalized spacial score (nSPS) is 17.3. The highest BCUT2D eigenvalue weighted by Gasteiger charge is 2.23. The Morgan fingerprint density at radius 1 is 1.46 bits per heavy atom. The summed E-state index contributed by atoms with van der Waals surface area (Å²) in [6.45, 7) is 4.09. The molecular weight excluding hydrogens is 394 g/mol. The Labute approximate surface area is 172 Å². The molecule has 3 aromatic rings. The predicted octanol–water partition coefficient (Wildman–Crippen LogP) is 4.11. The molecule has 2 atom stereocenters. The highest BCUT2D eigenvalue weighted by Crippen LogP contribution is 2.35. The zero-order valence-corrected chi connectivity index (χ0v) is 17.4. The van der Waals surface area contributed by atoms with E-state index >= 15 is 0 Å². The first-order valence-electron chi connectivity index (χ1n) is 9.47. The summed E-state index contributed by atoms with van der Waals surface area (Å²) in [6.07, 6.45) is 4.49. The number of aromatic nitrogens is 2. The summed E-state index contributed by atoms with van der Waals surface area (Å²) in [7, 11) is 0. The first-order chi connectivity index (χ1) is 13.4. The van der Waals surface area contributed by atoms with Crippen molar-refractivity contribution in [2.24, 2.45) is 5.92 Å². The van der Waals surface area contributed by atoms with Gasteiger partial charge < -0.3 is 5.32 Å². The molecule has 1 amide bonds. The van der Waals surface area contributed by atoms with Crippen LogP contribution in [0.15, 0.2) is 35.4 Å². The van der Waals surface area contributed by atoms with Crippen LogP contribution in [0.5, 0.6) is 0 Å². The maximum atomic E-state index is 13.0. The summed E-state index contributed by atoms with van der Waals surface area (Å²) >= 11 is 7.64. The second kappa shape index (κ2) is 7.68. The largest absolute Gasteiger partial charge is 0.348 e. The van der Waals surface area contributed by atoms with E-state index in [-0.39, 0.29) is 24.1 Å². The first-order valence-corrected chi connectivity index (χ1v) is 10.7. The van der Waals surface area contributed by atoms with Crippen molar-refractivity contribution < 1.29 is 4.79 Å². The Morgan fingerprint density at radius 2 is 2.29 bits per heavy atom. The van der Waals surface area contributed by atoms with E-state index in [0.717, 1.165) is 35.2 Å². The van der Waals surface area contributed by atoms with Gasteiger partial charge in [0.05, 0.1) is 17.8 Å². The Balaban J connectivity index is 1.55. The number of thiophene rings is 1. The zero-order valence-electron chi connectivity index (χ0n) is 15.9. The Hall–Kier alpha value is -2.18. The van der Waals surface area contributed by atoms with Gasteiger partial charge in [0.2, 0.25) is 5.91 Å². The highest BCUT2D eigenvalue weighted by molar-refractivity contribution is 7.18. The molecule has 0 spiro atoms.